The van der Waals surface area contributed by atoms with Crippen molar-refractivity contribution in [2.24, 2.45) is 0 Å². The van der Waals surface area contributed by atoms with Gasteiger partial charge in [-0.15, -0.1) is 11.3 Å². The fourth-order valence-corrected chi connectivity index (χ4v) is 6.44. The molecule has 0 aliphatic heterocycles. The van der Waals surface area contributed by atoms with E-state index < -0.39 is 40.1 Å². The Bertz CT molecular complexity index is 1530. The van der Waals surface area contributed by atoms with Gasteiger partial charge >= 0.3 is 12.1 Å². The highest BCUT2D eigenvalue weighted by molar-refractivity contribution is 7.15. The molecule has 2 aromatic heterocycles. The Morgan fingerprint density at radius 1 is 1.18 bits per heavy atom. The number of ether oxygens (including phenoxy) is 2. The molecule has 2 aliphatic rings. The fraction of sp³-hybridized carbons (Fsp3) is 0.483. The van der Waals surface area contributed by atoms with Crippen molar-refractivity contribution < 1.29 is 27.8 Å². The fourth-order valence-electron chi connectivity index (χ4n) is 5.17. The smallest absolute Gasteiger partial charge is 0.410 e. The van der Waals surface area contributed by atoms with Crippen molar-refractivity contribution in [3.8, 4) is 10.4 Å². The Morgan fingerprint density at radius 2 is 1.90 bits per heavy atom. The summed E-state index contributed by atoms with van der Waals surface area (Å²) in [5.41, 5.74) is -1.02. The molecule has 1 aromatic carbocycles. The number of benzene rings is 1. The number of carbonyl (C=O) groups excluding carboxylic acids is 2. The van der Waals surface area contributed by atoms with E-state index in [2.05, 4.69) is 0 Å². The summed E-state index contributed by atoms with van der Waals surface area (Å²) >= 11 is 1.37. The third-order valence-corrected chi connectivity index (χ3v) is 8.37. The number of aromatic nitrogens is 1. The molecule has 39 heavy (non-hydrogen) atoms. The van der Waals surface area contributed by atoms with Crippen molar-refractivity contribution in [1.29, 1.82) is 0 Å². The van der Waals surface area contributed by atoms with Crippen LogP contribution in [0.25, 0.3) is 21.3 Å². The van der Waals surface area contributed by atoms with Crippen LogP contribution in [0.4, 0.5) is 13.6 Å². The SMILES string of the molecule is CCOC(=O)c1cn(C2CC2)c2c(F)c(-c3cc4c(s3)CCCC4N(C)C(=O)OC(C)(C)C)cc(F)c2c1=O. The zero-order chi connectivity index (χ0) is 28.2. The Balaban J connectivity index is 1.61. The predicted octanol–water partition coefficient (Wildman–Crippen LogP) is 6.76. The molecule has 1 fully saturated rings. The molecule has 3 aromatic rings. The number of hydrogen-bond acceptors (Lipinski definition) is 6. The van der Waals surface area contributed by atoms with Crippen LogP contribution in [-0.4, -0.2) is 40.8 Å². The van der Waals surface area contributed by atoms with E-state index in [0.29, 0.717) is 4.88 Å². The number of thiophene rings is 1. The summed E-state index contributed by atoms with van der Waals surface area (Å²) in [5, 5.41) is -0.447. The van der Waals surface area contributed by atoms with Gasteiger partial charge < -0.3 is 18.9 Å². The minimum Gasteiger partial charge on any atom is -0.462 e. The minimum absolute atomic E-state index is 0.0516. The second-order valence-electron chi connectivity index (χ2n) is 11.2. The quantitative estimate of drug-likeness (QED) is 0.323. The van der Waals surface area contributed by atoms with Crippen molar-refractivity contribution in [3.63, 3.8) is 0 Å². The van der Waals surface area contributed by atoms with E-state index in [4.69, 9.17) is 9.47 Å². The number of esters is 1. The van der Waals surface area contributed by atoms with Crippen LogP contribution < -0.4 is 5.43 Å². The lowest BCUT2D eigenvalue weighted by atomic mass is 9.92. The Labute approximate surface area is 229 Å². The highest BCUT2D eigenvalue weighted by atomic mass is 32.1. The highest BCUT2D eigenvalue weighted by Crippen LogP contribution is 2.45. The van der Waals surface area contributed by atoms with E-state index in [1.54, 1.807) is 18.9 Å². The molecule has 1 unspecified atom stereocenters. The number of rotatable bonds is 5. The first-order valence-corrected chi connectivity index (χ1v) is 14.1. The summed E-state index contributed by atoms with van der Waals surface area (Å²) in [4.78, 5) is 41.4. The van der Waals surface area contributed by atoms with Crippen LogP contribution in [0.5, 0.6) is 0 Å². The summed E-state index contributed by atoms with van der Waals surface area (Å²) in [6.45, 7) is 7.09. The first-order valence-electron chi connectivity index (χ1n) is 13.2. The van der Waals surface area contributed by atoms with Crippen LogP contribution in [0.15, 0.2) is 23.1 Å². The largest absolute Gasteiger partial charge is 0.462 e. The number of halogens is 2. The van der Waals surface area contributed by atoms with Crippen molar-refractivity contribution in [2.75, 3.05) is 13.7 Å². The monoisotopic (exact) mass is 558 g/mol. The molecule has 0 saturated heterocycles. The minimum atomic E-state index is -0.888. The Hall–Kier alpha value is -3.27. The van der Waals surface area contributed by atoms with Gasteiger partial charge in [0.2, 0.25) is 5.43 Å². The van der Waals surface area contributed by atoms with Gasteiger partial charge in [0, 0.05) is 34.6 Å². The summed E-state index contributed by atoms with van der Waals surface area (Å²) in [6.07, 6.45) is 4.67. The molecule has 1 atom stereocenters. The van der Waals surface area contributed by atoms with Gasteiger partial charge in [-0.1, -0.05) is 0 Å². The summed E-state index contributed by atoms with van der Waals surface area (Å²) < 4.78 is 43.9. The number of amides is 1. The van der Waals surface area contributed by atoms with Crippen LogP contribution in [0.3, 0.4) is 0 Å². The molecule has 208 valence electrons. The first-order chi connectivity index (χ1) is 18.4. The van der Waals surface area contributed by atoms with Gasteiger partial charge in [0.1, 0.15) is 17.0 Å². The van der Waals surface area contributed by atoms with Gasteiger partial charge in [-0.05, 0) is 77.5 Å². The normalized spacial score (nSPS) is 17.2. The molecular formula is C29H32F2N2O5S. The van der Waals surface area contributed by atoms with Gasteiger partial charge in [-0.2, -0.15) is 0 Å². The highest BCUT2D eigenvalue weighted by Gasteiger charge is 2.34. The molecule has 10 heteroatoms. The van der Waals surface area contributed by atoms with Crippen molar-refractivity contribution in [1.82, 2.24) is 9.47 Å². The maximum Gasteiger partial charge on any atom is 0.410 e. The lowest BCUT2D eigenvalue weighted by Crippen LogP contribution is -2.37. The standard InChI is InChI=1S/C29H32F2N2O5S/c1-6-37-27(35)18-14-33(15-10-11-15)25-23(26(18)34)19(30)12-17(24(25)31)22-13-16-20(8-7-9-21(16)39-22)32(5)28(36)38-29(2,3)4/h12-15,20H,6-11H2,1-5H3. The zero-order valence-electron chi connectivity index (χ0n) is 22.7. The second-order valence-corrected chi connectivity index (χ2v) is 12.3. The van der Waals surface area contributed by atoms with E-state index in [-0.39, 0.29) is 35.3 Å². The maximum atomic E-state index is 16.3. The number of fused-ring (bicyclic) bond motifs is 2. The first kappa shape index (κ1) is 27.3. The number of nitrogens with zero attached hydrogens (tertiary/aromatic N) is 2. The van der Waals surface area contributed by atoms with Crippen molar-refractivity contribution >= 4 is 34.3 Å². The maximum absolute atomic E-state index is 16.3. The average Bonchev–Trinajstić information content (AvgIpc) is 3.61. The molecule has 1 saturated carbocycles. The van der Waals surface area contributed by atoms with Crippen LogP contribution in [0.1, 0.15) is 86.3 Å². The number of hydrogen-bond donors (Lipinski definition) is 0. The molecule has 2 aliphatic carbocycles. The Morgan fingerprint density at radius 3 is 2.54 bits per heavy atom. The van der Waals surface area contributed by atoms with Crippen LogP contribution >= 0.6 is 11.3 Å². The van der Waals surface area contributed by atoms with Gasteiger partial charge in [-0.3, -0.25) is 4.79 Å². The summed E-state index contributed by atoms with van der Waals surface area (Å²) in [5.74, 6) is -2.45. The number of aryl methyl sites for hydroxylation is 1. The molecule has 7 nitrogen and oxygen atoms in total. The Kier molecular flexibility index (Phi) is 7.03. The molecule has 5 rings (SSSR count). The lowest BCUT2D eigenvalue weighted by molar-refractivity contribution is 0.0205. The third-order valence-electron chi connectivity index (χ3n) is 7.12. The van der Waals surface area contributed by atoms with E-state index >= 15 is 8.78 Å². The lowest BCUT2D eigenvalue weighted by Gasteiger charge is -2.33. The molecule has 0 spiro atoms. The zero-order valence-corrected chi connectivity index (χ0v) is 23.5. The van der Waals surface area contributed by atoms with Gasteiger partial charge in [0.05, 0.1) is 23.6 Å². The summed E-state index contributed by atoms with van der Waals surface area (Å²) in [6, 6.07) is 2.48. The summed E-state index contributed by atoms with van der Waals surface area (Å²) in [7, 11) is 1.69. The topological polar surface area (TPSA) is 77.8 Å². The average molecular weight is 559 g/mol. The molecular weight excluding hydrogens is 526 g/mol. The van der Waals surface area contributed by atoms with Crippen LogP contribution in [0, 0.1) is 11.6 Å². The van der Waals surface area contributed by atoms with Gasteiger partial charge in [0.15, 0.2) is 5.82 Å². The molecule has 0 N–H and O–H groups in total. The van der Waals surface area contributed by atoms with E-state index in [1.165, 1.54) is 22.1 Å². The van der Waals surface area contributed by atoms with E-state index in [0.717, 1.165) is 48.6 Å². The van der Waals surface area contributed by atoms with Crippen molar-refractivity contribution in [3.05, 3.63) is 56.2 Å². The van der Waals surface area contributed by atoms with E-state index in [9.17, 15) is 14.4 Å². The van der Waals surface area contributed by atoms with Crippen molar-refractivity contribution in [2.45, 2.75) is 77.5 Å². The molecule has 0 radical (unpaired) electrons. The van der Waals surface area contributed by atoms with Crippen LogP contribution in [0.2, 0.25) is 0 Å². The van der Waals surface area contributed by atoms with Gasteiger partial charge in [-0.25, -0.2) is 18.4 Å². The van der Waals surface area contributed by atoms with E-state index in [1.807, 2.05) is 26.8 Å². The third kappa shape index (κ3) is 5.06. The molecule has 2 heterocycles. The molecule has 1 amide bonds. The van der Waals surface area contributed by atoms with Gasteiger partial charge in [0.25, 0.3) is 0 Å². The number of carbonyl (C=O) groups is 2. The van der Waals surface area contributed by atoms with Crippen LogP contribution in [-0.2, 0) is 15.9 Å². The predicted molar refractivity (Wildman–Crippen MR) is 145 cm³/mol. The second kappa shape index (κ2) is 10.0. The molecule has 0 bridgehead atoms. The number of pyridine rings is 1.